The topological polar surface area (TPSA) is 51.2 Å². The second-order valence-electron chi connectivity index (χ2n) is 9.05. The van der Waals surface area contributed by atoms with Gasteiger partial charge in [-0.3, -0.25) is 9.69 Å². The second-order valence-corrected chi connectivity index (χ2v) is 9.05. The second kappa shape index (κ2) is 11.7. The van der Waals surface area contributed by atoms with Gasteiger partial charge in [0.05, 0.1) is 24.8 Å². The Morgan fingerprint density at radius 3 is 2.71 bits per heavy atom. The molecule has 2 heterocycles. The van der Waals surface area contributed by atoms with Crippen LogP contribution in [0.3, 0.4) is 0 Å². The lowest BCUT2D eigenvalue weighted by atomic mass is 9.93. The van der Waals surface area contributed by atoms with E-state index in [1.54, 1.807) is 20.3 Å². The van der Waals surface area contributed by atoms with Crippen LogP contribution >= 0.6 is 0 Å². The maximum atomic E-state index is 13.9. The lowest BCUT2D eigenvalue weighted by Crippen LogP contribution is -2.51. The van der Waals surface area contributed by atoms with E-state index in [2.05, 4.69) is 4.90 Å². The Hall–Kier alpha value is -2.64. The summed E-state index contributed by atoms with van der Waals surface area (Å²) >= 11 is 0. The molecule has 4 rings (SSSR count). The minimum absolute atomic E-state index is 0.0166. The number of rotatable bonds is 4. The summed E-state index contributed by atoms with van der Waals surface area (Å²) in [4.78, 5) is 17.8. The van der Waals surface area contributed by atoms with Crippen LogP contribution in [-0.4, -0.2) is 68.3 Å². The van der Waals surface area contributed by atoms with E-state index < -0.39 is 0 Å². The molecule has 1 fully saturated rings. The number of hydrogen-bond donors (Lipinski definition) is 0. The van der Waals surface area contributed by atoms with Crippen molar-refractivity contribution < 1.29 is 23.4 Å². The van der Waals surface area contributed by atoms with Gasteiger partial charge in [0.1, 0.15) is 23.9 Å². The number of halogens is 1. The highest BCUT2D eigenvalue weighted by atomic mass is 19.1. The predicted molar refractivity (Wildman–Crippen MR) is 129 cm³/mol. The first-order valence-electron chi connectivity index (χ1n) is 12.2. The zero-order valence-corrected chi connectivity index (χ0v) is 20.2. The number of carbonyl (C=O) groups excluding carboxylic acids is 1. The van der Waals surface area contributed by atoms with Crippen molar-refractivity contribution >= 4 is 5.91 Å². The van der Waals surface area contributed by atoms with Crippen molar-refractivity contribution in [2.24, 2.45) is 0 Å². The molecular formula is C27H35FN2O4. The molecule has 1 saturated heterocycles. The normalized spacial score (nSPS) is 22.4. The highest BCUT2D eigenvalue weighted by molar-refractivity contribution is 5.97. The maximum Gasteiger partial charge on any atom is 0.257 e. The lowest BCUT2D eigenvalue weighted by molar-refractivity contribution is -0.0155. The summed E-state index contributed by atoms with van der Waals surface area (Å²) in [6, 6.07) is 12.2. The van der Waals surface area contributed by atoms with Gasteiger partial charge in [0.25, 0.3) is 5.91 Å². The summed E-state index contributed by atoms with van der Waals surface area (Å²) in [5.74, 6) is 1.03. The van der Waals surface area contributed by atoms with Crippen LogP contribution in [0.15, 0.2) is 42.5 Å². The van der Waals surface area contributed by atoms with Crippen LogP contribution in [0.5, 0.6) is 11.5 Å². The number of hydrogen-bond acceptors (Lipinski definition) is 5. The van der Waals surface area contributed by atoms with Crippen LogP contribution in [0.4, 0.5) is 4.39 Å². The molecule has 2 atom stereocenters. The molecular weight excluding hydrogens is 435 g/mol. The number of piperidine rings is 1. The first kappa shape index (κ1) is 24.5. The Labute approximate surface area is 201 Å². The van der Waals surface area contributed by atoms with E-state index in [0.29, 0.717) is 36.8 Å². The van der Waals surface area contributed by atoms with Crippen molar-refractivity contribution in [1.29, 1.82) is 0 Å². The molecule has 34 heavy (non-hydrogen) atoms. The van der Waals surface area contributed by atoms with Gasteiger partial charge in [0.15, 0.2) is 0 Å². The quantitative estimate of drug-likeness (QED) is 0.658. The molecule has 0 bridgehead atoms. The van der Waals surface area contributed by atoms with Gasteiger partial charge in [0.2, 0.25) is 0 Å². The summed E-state index contributed by atoms with van der Waals surface area (Å²) in [5, 5.41) is 0. The van der Waals surface area contributed by atoms with Gasteiger partial charge in [-0.1, -0.05) is 18.6 Å². The molecule has 6 nitrogen and oxygen atoms in total. The molecule has 0 saturated carbocycles. The number of para-hydroxylation sites is 1. The molecule has 2 aliphatic rings. The molecule has 7 heteroatoms. The fourth-order valence-corrected chi connectivity index (χ4v) is 5.17. The van der Waals surface area contributed by atoms with E-state index >= 15 is 0 Å². The largest absolute Gasteiger partial charge is 0.496 e. The molecule has 2 aliphatic heterocycles. The smallest absolute Gasteiger partial charge is 0.257 e. The molecule has 0 aromatic heterocycles. The number of ether oxygens (including phenoxy) is 3. The summed E-state index contributed by atoms with van der Waals surface area (Å²) < 4.78 is 31.3. The van der Waals surface area contributed by atoms with Gasteiger partial charge < -0.3 is 19.1 Å². The van der Waals surface area contributed by atoms with Crippen LogP contribution in [0.25, 0.3) is 0 Å². The molecule has 0 radical (unpaired) electrons. The summed E-state index contributed by atoms with van der Waals surface area (Å²) in [5.41, 5.74) is 1.42. The number of fused-ring (bicyclic) bond motifs is 2. The lowest BCUT2D eigenvalue weighted by Gasteiger charge is -2.41. The minimum atomic E-state index is -0.270. The number of carbonyl (C=O) groups is 1. The average Bonchev–Trinajstić information content (AvgIpc) is 2.87. The van der Waals surface area contributed by atoms with Crippen LogP contribution in [0.1, 0.15) is 48.0 Å². The molecule has 0 spiro atoms. The van der Waals surface area contributed by atoms with Crippen LogP contribution in [-0.2, 0) is 11.3 Å². The van der Waals surface area contributed by atoms with Gasteiger partial charge >= 0.3 is 0 Å². The molecule has 2 aromatic carbocycles. The number of benzene rings is 2. The highest BCUT2D eigenvalue weighted by Gasteiger charge is 2.35. The maximum absolute atomic E-state index is 13.9. The zero-order valence-electron chi connectivity index (χ0n) is 20.2. The standard InChI is InChI=1S/C27H35FN2O4/c1-32-24-13-12-21(28)18-20(24)19-29-14-6-5-9-23-26(33-2)11-7-15-30(23)27(31)22-8-3-4-10-25(22)34-17-16-29/h3-4,8,10,12-13,18,23,26H,5-7,9,11,14-17,19H2,1-2H3/t23-,26-/m1/s1. The Morgan fingerprint density at radius 1 is 1.03 bits per heavy atom. The van der Waals surface area contributed by atoms with E-state index in [1.165, 1.54) is 12.1 Å². The van der Waals surface area contributed by atoms with Crippen molar-refractivity contribution in [3.05, 3.63) is 59.4 Å². The third-order valence-corrected chi connectivity index (χ3v) is 6.92. The fourth-order valence-electron chi connectivity index (χ4n) is 5.17. The predicted octanol–water partition coefficient (Wildman–Crippen LogP) is 4.52. The fraction of sp³-hybridized carbons (Fsp3) is 0.519. The minimum Gasteiger partial charge on any atom is -0.496 e. The van der Waals surface area contributed by atoms with Crippen LogP contribution < -0.4 is 9.47 Å². The zero-order chi connectivity index (χ0) is 23.9. The monoisotopic (exact) mass is 470 g/mol. The van der Waals surface area contributed by atoms with E-state index in [4.69, 9.17) is 14.2 Å². The molecule has 0 unspecified atom stereocenters. The van der Waals surface area contributed by atoms with Crippen molar-refractivity contribution in [2.45, 2.75) is 50.8 Å². The Balaban J connectivity index is 1.57. The van der Waals surface area contributed by atoms with E-state index in [9.17, 15) is 9.18 Å². The van der Waals surface area contributed by atoms with E-state index in [-0.39, 0.29) is 23.9 Å². The van der Waals surface area contributed by atoms with Crippen molar-refractivity contribution in [2.75, 3.05) is 40.5 Å². The number of amides is 1. The van der Waals surface area contributed by atoms with Gasteiger partial charge in [0, 0.05) is 32.3 Å². The molecule has 0 N–H and O–H groups in total. The van der Waals surface area contributed by atoms with E-state index in [1.807, 2.05) is 29.2 Å². The van der Waals surface area contributed by atoms with Crippen molar-refractivity contribution in [1.82, 2.24) is 9.80 Å². The van der Waals surface area contributed by atoms with Gasteiger partial charge in [-0.2, -0.15) is 0 Å². The summed E-state index contributed by atoms with van der Waals surface area (Å²) in [7, 11) is 3.35. The van der Waals surface area contributed by atoms with Gasteiger partial charge in [-0.15, -0.1) is 0 Å². The average molecular weight is 471 g/mol. The summed E-state index contributed by atoms with van der Waals surface area (Å²) in [6.45, 7) is 3.26. The number of methoxy groups -OCH3 is 2. The Kier molecular flexibility index (Phi) is 8.40. The van der Waals surface area contributed by atoms with Crippen LogP contribution in [0.2, 0.25) is 0 Å². The van der Waals surface area contributed by atoms with E-state index in [0.717, 1.165) is 50.8 Å². The first-order valence-corrected chi connectivity index (χ1v) is 12.2. The Bertz CT molecular complexity index is 969. The van der Waals surface area contributed by atoms with Crippen LogP contribution in [0, 0.1) is 5.82 Å². The van der Waals surface area contributed by atoms with Gasteiger partial charge in [-0.25, -0.2) is 4.39 Å². The van der Waals surface area contributed by atoms with Crippen molar-refractivity contribution in [3.63, 3.8) is 0 Å². The van der Waals surface area contributed by atoms with Crippen molar-refractivity contribution in [3.8, 4) is 11.5 Å². The Morgan fingerprint density at radius 2 is 1.88 bits per heavy atom. The van der Waals surface area contributed by atoms with Gasteiger partial charge in [-0.05, 0) is 62.6 Å². The third-order valence-electron chi connectivity index (χ3n) is 6.92. The highest BCUT2D eigenvalue weighted by Crippen LogP contribution is 2.29. The number of nitrogens with zero attached hydrogens (tertiary/aromatic N) is 2. The summed E-state index contributed by atoms with van der Waals surface area (Å²) in [6.07, 6.45) is 4.79. The molecule has 1 amide bonds. The first-order chi connectivity index (χ1) is 16.6. The third kappa shape index (κ3) is 5.70. The molecule has 0 aliphatic carbocycles. The molecule has 2 aromatic rings. The SMILES string of the molecule is COc1ccc(F)cc1CN1CCCC[C@@H]2[C@H](OC)CCCN2C(=O)c2ccccc2OCC1. The molecule has 184 valence electrons.